The molecule has 320 valence electrons. The zero-order valence-corrected chi connectivity index (χ0v) is 34.4. The molecule has 0 amide bonds. The van der Waals surface area contributed by atoms with Crippen LogP contribution in [0.5, 0.6) is 0 Å². The van der Waals surface area contributed by atoms with E-state index < -0.39 is 79.1 Å². The monoisotopic (exact) mass is 826 g/mol. The van der Waals surface area contributed by atoms with Crippen LogP contribution < -0.4 is 0 Å². The van der Waals surface area contributed by atoms with Crippen molar-refractivity contribution in [2.45, 2.75) is 115 Å². The summed E-state index contributed by atoms with van der Waals surface area (Å²) in [4.78, 5) is 38.5. The second-order valence-corrected chi connectivity index (χ2v) is 14.8. The molecule has 2 saturated heterocycles. The fourth-order valence-electron chi connectivity index (χ4n) is 7.34. The zero-order valence-electron chi connectivity index (χ0n) is 34.4. The van der Waals surface area contributed by atoms with E-state index in [2.05, 4.69) is 0 Å². The molecule has 2 aliphatic heterocycles. The number of carbonyl (C=O) groups is 3. The van der Waals surface area contributed by atoms with Crippen molar-refractivity contribution < 1.29 is 61.8 Å². The van der Waals surface area contributed by atoms with Gasteiger partial charge >= 0.3 is 17.9 Å². The van der Waals surface area contributed by atoms with E-state index in [0.717, 1.165) is 22.3 Å². The van der Waals surface area contributed by atoms with Crippen molar-refractivity contribution in [2.75, 3.05) is 13.2 Å². The quantitative estimate of drug-likeness (QED) is 0.0774. The molecule has 2 aliphatic rings. The third kappa shape index (κ3) is 13.0. The van der Waals surface area contributed by atoms with Gasteiger partial charge in [0.25, 0.3) is 0 Å². The molecule has 0 bridgehead atoms. The van der Waals surface area contributed by atoms with E-state index in [1.54, 1.807) is 6.92 Å². The van der Waals surface area contributed by atoms with Crippen molar-refractivity contribution in [2.24, 2.45) is 0 Å². The Balaban J connectivity index is 1.31. The Morgan fingerprint density at radius 1 is 0.450 bits per heavy atom. The molecule has 0 N–H and O–H groups in total. The molecule has 6 rings (SSSR count). The predicted octanol–water partition coefficient (Wildman–Crippen LogP) is 6.28. The van der Waals surface area contributed by atoms with Gasteiger partial charge in [-0.1, -0.05) is 121 Å². The summed E-state index contributed by atoms with van der Waals surface area (Å²) < 4.78 is 63.2. The van der Waals surface area contributed by atoms with Crippen molar-refractivity contribution in [3.63, 3.8) is 0 Å². The molecule has 60 heavy (non-hydrogen) atoms. The topological polar surface area (TPSA) is 144 Å². The van der Waals surface area contributed by atoms with E-state index in [4.69, 9.17) is 47.4 Å². The van der Waals surface area contributed by atoms with Gasteiger partial charge < -0.3 is 47.4 Å². The Bertz CT molecular complexity index is 1900. The van der Waals surface area contributed by atoms with Gasteiger partial charge in [-0.15, -0.1) is 0 Å². The van der Waals surface area contributed by atoms with Crippen LogP contribution in [0.15, 0.2) is 121 Å². The minimum Gasteiger partial charge on any atom is -0.457 e. The van der Waals surface area contributed by atoms with Gasteiger partial charge in [-0.25, -0.2) is 0 Å². The van der Waals surface area contributed by atoms with E-state index >= 15 is 0 Å². The first-order valence-corrected chi connectivity index (χ1v) is 20.2. The number of hydrogen-bond acceptors (Lipinski definition) is 13. The molecule has 0 saturated carbocycles. The molecule has 2 heterocycles. The average molecular weight is 827 g/mol. The van der Waals surface area contributed by atoms with Crippen molar-refractivity contribution in [3.05, 3.63) is 144 Å². The summed E-state index contributed by atoms with van der Waals surface area (Å²) in [6, 6.07) is 38.4. The van der Waals surface area contributed by atoms with Crippen LogP contribution in [-0.2, 0) is 88.2 Å². The van der Waals surface area contributed by atoms with Gasteiger partial charge in [0.15, 0.2) is 24.6 Å². The van der Waals surface area contributed by atoms with Gasteiger partial charge in [0.05, 0.1) is 45.7 Å². The third-order valence-corrected chi connectivity index (χ3v) is 10.0. The second kappa shape index (κ2) is 22.6. The maximum atomic E-state index is 12.9. The zero-order chi connectivity index (χ0) is 42.3. The van der Waals surface area contributed by atoms with Crippen LogP contribution in [0, 0.1) is 0 Å². The maximum Gasteiger partial charge on any atom is 0.303 e. The van der Waals surface area contributed by atoms with Crippen LogP contribution in [0.4, 0.5) is 0 Å². The first kappa shape index (κ1) is 44.6. The fourth-order valence-corrected chi connectivity index (χ4v) is 7.34. The Labute approximate surface area is 351 Å². The Morgan fingerprint density at radius 3 is 1.20 bits per heavy atom. The van der Waals surface area contributed by atoms with Crippen LogP contribution in [0.25, 0.3) is 0 Å². The summed E-state index contributed by atoms with van der Waals surface area (Å²) in [7, 11) is 0. The molecule has 4 aromatic rings. The lowest BCUT2D eigenvalue weighted by Gasteiger charge is -2.49. The molecular weight excluding hydrogens is 773 g/mol. The summed E-state index contributed by atoms with van der Waals surface area (Å²) in [6.45, 7) is 6.50. The van der Waals surface area contributed by atoms with Crippen LogP contribution in [0.2, 0.25) is 0 Å². The van der Waals surface area contributed by atoms with Crippen LogP contribution in [-0.4, -0.2) is 92.3 Å². The average Bonchev–Trinajstić information content (AvgIpc) is 3.24. The largest absolute Gasteiger partial charge is 0.457 e. The van der Waals surface area contributed by atoms with Crippen molar-refractivity contribution in [1.29, 1.82) is 0 Å². The summed E-state index contributed by atoms with van der Waals surface area (Å²) in [5, 5.41) is 0. The number of carbonyl (C=O) groups excluding carboxylic acids is 3. The maximum absolute atomic E-state index is 12.9. The summed E-state index contributed by atoms with van der Waals surface area (Å²) in [6.07, 6.45) is -10.3. The first-order valence-electron chi connectivity index (χ1n) is 20.2. The van der Waals surface area contributed by atoms with Gasteiger partial charge in [0.1, 0.15) is 30.5 Å². The molecule has 13 heteroatoms. The molecular formula is C47H54O13. The second-order valence-electron chi connectivity index (χ2n) is 14.8. The molecule has 2 fully saturated rings. The Morgan fingerprint density at radius 2 is 0.800 bits per heavy atom. The van der Waals surface area contributed by atoms with Crippen molar-refractivity contribution >= 4 is 17.9 Å². The lowest BCUT2D eigenvalue weighted by molar-refractivity contribution is -0.349. The highest BCUT2D eigenvalue weighted by Gasteiger charge is 2.55. The standard InChI is InChI=1S/C47H54O13/c1-31-41(44(56-32(2)48)42(53-27-37-21-13-7-14-22-37)39(55-31)29-51-25-35-17-9-5-10-18-35)60-47-46(58-34(4)50)45(57-33(3)49)43(54-28-38-23-15-8-16-24-38)40(59-47)30-52-26-36-19-11-6-12-20-36/h5-24,31,39-47H,25-30H2,1-4H3/t31?,39?,40?,41?,42-,43-,44?,45?,46?,47+/m0/s1. The molecule has 0 aromatic heterocycles. The summed E-state index contributed by atoms with van der Waals surface area (Å²) >= 11 is 0. The van der Waals surface area contributed by atoms with Gasteiger partial charge in [-0.05, 0) is 29.2 Å². The van der Waals surface area contributed by atoms with E-state index in [-0.39, 0.29) is 33.0 Å². The molecule has 7 unspecified atom stereocenters. The minimum absolute atomic E-state index is 0.0213. The first-order chi connectivity index (χ1) is 29.1. The number of ether oxygens (including phenoxy) is 10. The van der Waals surface area contributed by atoms with Crippen LogP contribution in [0.3, 0.4) is 0 Å². The number of hydrogen-bond donors (Lipinski definition) is 0. The number of benzene rings is 4. The van der Waals surface area contributed by atoms with Crippen molar-refractivity contribution in [3.8, 4) is 0 Å². The summed E-state index contributed by atoms with van der Waals surface area (Å²) in [5.41, 5.74) is 3.64. The van der Waals surface area contributed by atoms with Crippen LogP contribution in [0.1, 0.15) is 49.9 Å². The lowest BCUT2D eigenvalue weighted by Crippen LogP contribution is -2.66. The lowest BCUT2D eigenvalue weighted by atomic mass is 9.94. The Hall–Kier alpha value is -4.99. The highest BCUT2D eigenvalue weighted by Crippen LogP contribution is 2.36. The fraction of sp³-hybridized carbons (Fsp3) is 0.426. The van der Waals surface area contributed by atoms with E-state index in [0.29, 0.717) is 6.61 Å². The number of rotatable bonds is 19. The van der Waals surface area contributed by atoms with Crippen molar-refractivity contribution in [1.82, 2.24) is 0 Å². The summed E-state index contributed by atoms with van der Waals surface area (Å²) in [5.74, 6) is -1.91. The molecule has 0 spiro atoms. The van der Waals surface area contributed by atoms with Gasteiger partial charge in [0, 0.05) is 20.8 Å². The van der Waals surface area contributed by atoms with Gasteiger partial charge in [-0.2, -0.15) is 0 Å². The molecule has 10 atom stereocenters. The smallest absolute Gasteiger partial charge is 0.303 e. The van der Waals surface area contributed by atoms with E-state index in [1.165, 1.54) is 20.8 Å². The molecule has 4 aromatic carbocycles. The van der Waals surface area contributed by atoms with E-state index in [9.17, 15) is 14.4 Å². The minimum atomic E-state index is -1.39. The third-order valence-electron chi connectivity index (χ3n) is 10.0. The van der Waals surface area contributed by atoms with E-state index in [1.807, 2.05) is 121 Å². The predicted molar refractivity (Wildman–Crippen MR) is 217 cm³/mol. The molecule has 0 aliphatic carbocycles. The van der Waals surface area contributed by atoms with Gasteiger partial charge in [0.2, 0.25) is 0 Å². The van der Waals surface area contributed by atoms with Gasteiger partial charge in [-0.3, -0.25) is 14.4 Å². The molecule has 0 radical (unpaired) electrons. The highest BCUT2D eigenvalue weighted by atomic mass is 16.7. The highest BCUT2D eigenvalue weighted by molar-refractivity contribution is 5.67. The van der Waals surface area contributed by atoms with Crippen LogP contribution >= 0.6 is 0 Å². The Kier molecular flexibility index (Phi) is 16.8. The molecule has 13 nitrogen and oxygen atoms in total. The normalized spacial score (nSPS) is 26.5. The number of esters is 3. The SMILES string of the molecule is CC(=O)OC1C(OC(C)=O)[C@@H](OCc2ccccc2)C(COCc2ccccc2)O[C@@H]1OC1C(C)OC(COCc2ccccc2)[C@H](OCc2ccccc2)C1OC(C)=O.